The Morgan fingerprint density at radius 2 is 1.76 bits per heavy atom. The Morgan fingerprint density at radius 3 is 2.41 bits per heavy atom. The maximum absolute atomic E-state index is 13.6. The van der Waals surface area contributed by atoms with Gasteiger partial charge in [0.05, 0.1) is 17.2 Å². The lowest BCUT2D eigenvalue weighted by Gasteiger charge is -2.37. The third kappa shape index (κ3) is 4.67. The van der Waals surface area contributed by atoms with E-state index in [4.69, 9.17) is 5.11 Å². The lowest BCUT2D eigenvalue weighted by molar-refractivity contribution is -0.142. The number of halogens is 3. The van der Waals surface area contributed by atoms with Gasteiger partial charge in [0.25, 0.3) is 10.0 Å². The summed E-state index contributed by atoms with van der Waals surface area (Å²) in [4.78, 5) is 20.7. The van der Waals surface area contributed by atoms with E-state index in [1.54, 1.807) is 36.1 Å². The summed E-state index contributed by atoms with van der Waals surface area (Å²) >= 11 is 0. The highest BCUT2D eigenvalue weighted by Gasteiger charge is 2.36. The summed E-state index contributed by atoms with van der Waals surface area (Å²) in [6.07, 6.45) is -4.69. The summed E-state index contributed by atoms with van der Waals surface area (Å²) in [7, 11) is -4.29. The van der Waals surface area contributed by atoms with Crippen molar-refractivity contribution in [2.75, 3.05) is 22.7 Å². The van der Waals surface area contributed by atoms with Gasteiger partial charge in [-0.1, -0.05) is 30.3 Å². The average Bonchev–Trinajstić information content (AvgIpc) is 2.72. The SMILES string of the molecule is Cc1ccccc1-c1nc(NS(=O)(=O)c2cccc(N3CC(C(=O)O)C3)n2)ccc1C(F)(F)F. The zero-order chi connectivity index (χ0) is 24.7. The molecule has 0 aliphatic carbocycles. The fourth-order valence-corrected chi connectivity index (χ4v) is 4.50. The molecule has 1 aliphatic rings. The third-order valence-electron chi connectivity index (χ3n) is 5.38. The minimum atomic E-state index is -4.69. The van der Waals surface area contributed by atoms with E-state index in [-0.39, 0.29) is 35.3 Å². The van der Waals surface area contributed by atoms with Crippen molar-refractivity contribution in [1.82, 2.24) is 9.97 Å². The molecule has 12 heteroatoms. The van der Waals surface area contributed by atoms with Crippen molar-refractivity contribution in [3.63, 3.8) is 0 Å². The number of nitrogens with zero attached hydrogens (tertiary/aromatic N) is 3. The molecule has 1 saturated heterocycles. The van der Waals surface area contributed by atoms with Crippen molar-refractivity contribution in [1.29, 1.82) is 0 Å². The van der Waals surface area contributed by atoms with Crippen LogP contribution in [0.1, 0.15) is 11.1 Å². The van der Waals surface area contributed by atoms with Crippen LogP contribution in [-0.2, 0) is 21.0 Å². The van der Waals surface area contributed by atoms with Gasteiger partial charge in [-0.2, -0.15) is 21.6 Å². The standard InChI is InChI=1S/C22H19F3N4O4S/c1-13-5-2-3-6-15(13)20-16(22(23,24)25)9-10-17(26-20)28-34(32,33)19-8-4-7-18(27-19)29-11-14(12-29)21(30)31/h2-10,14H,11-12H2,1H3,(H,26,28)(H,30,31). The van der Waals surface area contributed by atoms with E-state index in [0.717, 1.165) is 12.1 Å². The Labute approximate surface area is 193 Å². The molecule has 0 amide bonds. The maximum atomic E-state index is 13.6. The fraction of sp³-hybridized carbons (Fsp3) is 0.227. The average molecular weight is 492 g/mol. The van der Waals surface area contributed by atoms with Gasteiger partial charge in [-0.05, 0) is 36.8 Å². The van der Waals surface area contributed by atoms with Gasteiger partial charge in [-0.3, -0.25) is 9.52 Å². The summed E-state index contributed by atoms with van der Waals surface area (Å²) in [6.45, 7) is 2.02. The van der Waals surface area contributed by atoms with Gasteiger partial charge in [0, 0.05) is 18.7 Å². The molecule has 3 heterocycles. The van der Waals surface area contributed by atoms with Gasteiger partial charge < -0.3 is 10.0 Å². The van der Waals surface area contributed by atoms with Crippen LogP contribution in [0.25, 0.3) is 11.3 Å². The van der Waals surface area contributed by atoms with Gasteiger partial charge in [0.15, 0.2) is 5.03 Å². The largest absolute Gasteiger partial charge is 0.481 e. The van der Waals surface area contributed by atoms with E-state index in [2.05, 4.69) is 14.7 Å². The zero-order valence-electron chi connectivity index (χ0n) is 17.7. The molecule has 8 nitrogen and oxygen atoms in total. The minimum Gasteiger partial charge on any atom is -0.481 e. The Kier molecular flexibility index (Phi) is 5.94. The van der Waals surface area contributed by atoms with Crippen LogP contribution < -0.4 is 9.62 Å². The number of sulfonamides is 1. The number of benzene rings is 1. The number of hydrogen-bond donors (Lipinski definition) is 2. The summed E-state index contributed by atoms with van der Waals surface area (Å²) < 4.78 is 68.8. The smallest absolute Gasteiger partial charge is 0.418 e. The van der Waals surface area contributed by atoms with Gasteiger partial charge >= 0.3 is 12.1 Å². The van der Waals surface area contributed by atoms with E-state index < -0.39 is 39.3 Å². The number of aryl methyl sites for hydroxylation is 1. The molecule has 0 unspecified atom stereocenters. The number of aromatic nitrogens is 2. The molecular weight excluding hydrogens is 473 g/mol. The second-order valence-electron chi connectivity index (χ2n) is 7.79. The monoisotopic (exact) mass is 492 g/mol. The molecular formula is C22H19F3N4O4S. The molecule has 0 atom stereocenters. The lowest BCUT2D eigenvalue weighted by Crippen LogP contribution is -2.50. The van der Waals surface area contributed by atoms with Crippen molar-refractivity contribution >= 4 is 27.6 Å². The number of carbonyl (C=O) groups is 1. The molecule has 1 aliphatic heterocycles. The van der Waals surface area contributed by atoms with Crippen molar-refractivity contribution < 1.29 is 31.5 Å². The molecule has 0 radical (unpaired) electrons. The first-order chi connectivity index (χ1) is 16.0. The van der Waals surface area contributed by atoms with Gasteiger partial charge in [-0.25, -0.2) is 9.97 Å². The Hall–Kier alpha value is -3.67. The topological polar surface area (TPSA) is 112 Å². The molecule has 0 spiro atoms. The molecule has 3 aromatic rings. The van der Waals surface area contributed by atoms with Crippen LogP contribution in [0.4, 0.5) is 24.8 Å². The number of rotatable bonds is 6. The molecule has 1 aromatic carbocycles. The molecule has 0 bridgehead atoms. The van der Waals surface area contributed by atoms with Crippen molar-refractivity contribution in [3.05, 3.63) is 65.7 Å². The van der Waals surface area contributed by atoms with Gasteiger partial charge in [0.1, 0.15) is 11.6 Å². The predicted molar refractivity (Wildman–Crippen MR) is 118 cm³/mol. The first kappa shape index (κ1) is 23.5. The first-order valence-corrected chi connectivity index (χ1v) is 11.6. The van der Waals surface area contributed by atoms with Gasteiger partial charge in [0.2, 0.25) is 0 Å². The predicted octanol–water partition coefficient (Wildman–Crippen LogP) is 3.79. The normalized spacial score (nSPS) is 14.5. The molecule has 2 N–H and O–H groups in total. The number of pyridine rings is 2. The molecule has 34 heavy (non-hydrogen) atoms. The van der Waals surface area contributed by atoms with Crippen LogP contribution in [0.2, 0.25) is 0 Å². The quantitative estimate of drug-likeness (QED) is 0.538. The van der Waals surface area contributed by atoms with E-state index in [0.29, 0.717) is 5.56 Å². The highest BCUT2D eigenvalue weighted by molar-refractivity contribution is 7.92. The van der Waals surface area contributed by atoms with Crippen LogP contribution in [0, 0.1) is 12.8 Å². The molecule has 0 saturated carbocycles. The number of aliphatic carboxylic acids is 1. The third-order valence-corrected chi connectivity index (χ3v) is 6.63. The molecule has 4 rings (SSSR count). The molecule has 178 valence electrons. The summed E-state index contributed by atoms with van der Waals surface area (Å²) in [6, 6.07) is 12.3. The molecule has 2 aromatic heterocycles. The summed E-state index contributed by atoms with van der Waals surface area (Å²) in [5.74, 6) is -1.52. The molecule has 1 fully saturated rings. The highest BCUT2D eigenvalue weighted by atomic mass is 32.2. The fourth-order valence-electron chi connectivity index (χ4n) is 3.53. The Bertz CT molecular complexity index is 1360. The minimum absolute atomic E-state index is 0.194. The van der Waals surface area contributed by atoms with Crippen molar-refractivity contribution in [2.45, 2.75) is 18.1 Å². The second kappa shape index (κ2) is 8.60. The Balaban J connectivity index is 1.65. The van der Waals surface area contributed by atoms with Crippen molar-refractivity contribution in [3.8, 4) is 11.3 Å². The number of nitrogens with one attached hydrogen (secondary N) is 1. The van der Waals surface area contributed by atoms with E-state index >= 15 is 0 Å². The lowest BCUT2D eigenvalue weighted by atomic mass is 10.0. The van der Waals surface area contributed by atoms with E-state index in [9.17, 15) is 26.4 Å². The number of carboxylic acids is 1. The van der Waals surface area contributed by atoms with Crippen molar-refractivity contribution in [2.24, 2.45) is 5.92 Å². The van der Waals surface area contributed by atoms with Crippen LogP contribution >= 0.6 is 0 Å². The number of hydrogen-bond acceptors (Lipinski definition) is 6. The second-order valence-corrected chi connectivity index (χ2v) is 9.41. The highest BCUT2D eigenvalue weighted by Crippen LogP contribution is 2.38. The number of anilines is 2. The zero-order valence-corrected chi connectivity index (χ0v) is 18.6. The van der Waals surface area contributed by atoms with Crippen LogP contribution in [0.5, 0.6) is 0 Å². The van der Waals surface area contributed by atoms with E-state index in [1.165, 1.54) is 18.2 Å². The van der Waals surface area contributed by atoms with Crippen LogP contribution in [-0.4, -0.2) is 42.6 Å². The number of carboxylic acid groups (broad SMARTS) is 1. The number of alkyl halides is 3. The summed E-state index contributed by atoms with van der Waals surface area (Å²) in [5, 5.41) is 8.63. The Morgan fingerprint density at radius 1 is 1.06 bits per heavy atom. The summed E-state index contributed by atoms with van der Waals surface area (Å²) in [5.41, 5.74) is -0.616. The van der Waals surface area contributed by atoms with Gasteiger partial charge in [-0.15, -0.1) is 0 Å². The maximum Gasteiger partial charge on any atom is 0.418 e. The van der Waals surface area contributed by atoms with Crippen LogP contribution in [0.3, 0.4) is 0 Å². The first-order valence-electron chi connectivity index (χ1n) is 10.1. The van der Waals surface area contributed by atoms with E-state index in [1.807, 2.05) is 0 Å². The van der Waals surface area contributed by atoms with Crippen LogP contribution in [0.15, 0.2) is 59.6 Å².